The molecule has 0 aromatic heterocycles. The van der Waals surface area contributed by atoms with Crippen molar-refractivity contribution in [3.05, 3.63) is 87.0 Å². The van der Waals surface area contributed by atoms with Crippen molar-refractivity contribution in [2.75, 3.05) is 0 Å². The Hall–Kier alpha value is -2.97. The van der Waals surface area contributed by atoms with Gasteiger partial charge in [0, 0.05) is 22.5 Å². The maximum absolute atomic E-state index is 14.4. The molecule has 0 aliphatic rings. The van der Waals surface area contributed by atoms with Crippen LogP contribution in [0, 0.1) is 41.5 Å². The summed E-state index contributed by atoms with van der Waals surface area (Å²) in [6.45, 7) is 19.6. The van der Waals surface area contributed by atoms with E-state index in [0.29, 0.717) is 27.9 Å². The molecule has 0 aliphatic heterocycles. The number of carbonyl (C=O) groups is 2. The van der Waals surface area contributed by atoms with Crippen LogP contribution in [0.2, 0.25) is 0 Å². The molecule has 0 radical (unpaired) electrons. The van der Waals surface area contributed by atoms with Crippen LogP contribution in [0.3, 0.4) is 0 Å². The van der Waals surface area contributed by atoms with Crippen molar-refractivity contribution in [1.82, 2.24) is 0 Å². The number of benzene rings is 3. The van der Waals surface area contributed by atoms with Crippen LogP contribution in [0.15, 0.2) is 42.5 Å². The van der Waals surface area contributed by atoms with E-state index in [1.807, 2.05) is 112 Å². The SMILES string of the molecule is Cc1cc(C)c(C(=O)P(C(=O)c2c(C)cc(C)cc2C)c2ccc(OC(C)C)cc2OC(C)C)c(C)c1. The van der Waals surface area contributed by atoms with Gasteiger partial charge in [-0.15, -0.1) is 0 Å². The lowest BCUT2D eigenvalue weighted by molar-refractivity contribution is 0.105. The van der Waals surface area contributed by atoms with Gasteiger partial charge < -0.3 is 9.47 Å². The third-order valence-electron chi connectivity index (χ3n) is 6.09. The van der Waals surface area contributed by atoms with Gasteiger partial charge in [0.1, 0.15) is 11.5 Å². The zero-order valence-corrected chi connectivity index (χ0v) is 24.7. The molecule has 0 aliphatic carbocycles. The smallest absolute Gasteiger partial charge is 0.197 e. The second kappa shape index (κ2) is 11.6. The molecule has 3 aromatic rings. The minimum absolute atomic E-state index is 0.0155. The Morgan fingerprint density at radius 1 is 0.622 bits per heavy atom. The second-order valence-corrected chi connectivity index (χ2v) is 12.4. The molecule has 3 rings (SSSR count). The summed E-state index contributed by atoms with van der Waals surface area (Å²) >= 11 is 0. The van der Waals surface area contributed by atoms with Crippen LogP contribution < -0.4 is 14.8 Å². The zero-order valence-electron chi connectivity index (χ0n) is 23.8. The van der Waals surface area contributed by atoms with Crippen molar-refractivity contribution < 1.29 is 19.1 Å². The highest BCUT2D eigenvalue weighted by atomic mass is 31.1. The van der Waals surface area contributed by atoms with Gasteiger partial charge >= 0.3 is 0 Å². The molecule has 0 spiro atoms. The minimum atomic E-state index is -1.96. The van der Waals surface area contributed by atoms with E-state index in [1.54, 1.807) is 0 Å². The van der Waals surface area contributed by atoms with E-state index in [9.17, 15) is 9.59 Å². The van der Waals surface area contributed by atoms with Gasteiger partial charge in [0.2, 0.25) is 0 Å². The third-order valence-corrected chi connectivity index (χ3v) is 8.21. The number of aryl methyl sites for hydroxylation is 6. The summed E-state index contributed by atoms with van der Waals surface area (Å²) in [4.78, 5) is 28.8. The lowest BCUT2D eigenvalue weighted by Crippen LogP contribution is -2.22. The number of hydrogen-bond donors (Lipinski definition) is 0. The van der Waals surface area contributed by atoms with Crippen LogP contribution in [0.5, 0.6) is 11.5 Å². The first kappa shape index (κ1) is 28.6. The molecule has 0 amide bonds. The van der Waals surface area contributed by atoms with Gasteiger partial charge in [0.15, 0.2) is 11.0 Å². The second-order valence-electron chi connectivity index (χ2n) is 10.5. The normalized spacial score (nSPS) is 11.4. The van der Waals surface area contributed by atoms with E-state index in [-0.39, 0.29) is 23.3 Å². The fourth-order valence-corrected chi connectivity index (χ4v) is 7.28. The minimum Gasteiger partial charge on any atom is -0.491 e. The van der Waals surface area contributed by atoms with Gasteiger partial charge in [0.25, 0.3) is 0 Å². The van der Waals surface area contributed by atoms with Gasteiger partial charge in [0.05, 0.1) is 20.1 Å². The van der Waals surface area contributed by atoms with Crippen LogP contribution in [0.4, 0.5) is 0 Å². The highest BCUT2D eigenvalue weighted by Crippen LogP contribution is 2.48. The molecule has 0 heterocycles. The van der Waals surface area contributed by atoms with Crippen molar-refractivity contribution in [3.63, 3.8) is 0 Å². The predicted molar refractivity (Wildman–Crippen MR) is 154 cm³/mol. The van der Waals surface area contributed by atoms with E-state index in [2.05, 4.69) is 0 Å². The molecule has 0 saturated carbocycles. The van der Waals surface area contributed by atoms with Gasteiger partial charge in [-0.25, -0.2) is 0 Å². The standard InChI is InChI=1S/C32H39O4P/c1-18(2)35-26-11-12-28(27(17-26)36-19(3)4)37(31(33)29-22(7)13-20(5)14-23(29)8)32(34)30-24(9)15-21(6)16-25(30)10/h11-19H,1-10H3. The predicted octanol–water partition coefficient (Wildman–Crippen LogP) is 7.90. The summed E-state index contributed by atoms with van der Waals surface area (Å²) in [7, 11) is -1.96. The topological polar surface area (TPSA) is 52.6 Å². The quantitative estimate of drug-likeness (QED) is 0.270. The van der Waals surface area contributed by atoms with E-state index in [0.717, 1.165) is 33.4 Å². The molecule has 0 saturated heterocycles. The molecule has 196 valence electrons. The molecule has 0 N–H and O–H groups in total. The van der Waals surface area contributed by atoms with Crippen LogP contribution in [-0.4, -0.2) is 23.3 Å². The van der Waals surface area contributed by atoms with E-state index in [1.165, 1.54) is 0 Å². The van der Waals surface area contributed by atoms with Crippen molar-refractivity contribution in [3.8, 4) is 11.5 Å². The van der Waals surface area contributed by atoms with E-state index in [4.69, 9.17) is 9.47 Å². The molecular formula is C32H39O4P. The number of carbonyl (C=O) groups excluding carboxylic acids is 2. The zero-order chi connectivity index (χ0) is 27.6. The summed E-state index contributed by atoms with van der Waals surface area (Å²) in [6, 6.07) is 13.5. The molecule has 0 atom stereocenters. The Bertz CT molecular complexity index is 1220. The van der Waals surface area contributed by atoms with Crippen molar-refractivity contribution in [1.29, 1.82) is 0 Å². The molecule has 37 heavy (non-hydrogen) atoms. The van der Waals surface area contributed by atoms with Crippen LogP contribution in [0.1, 0.15) is 81.8 Å². The van der Waals surface area contributed by atoms with Crippen molar-refractivity contribution >= 4 is 24.3 Å². The fourth-order valence-electron chi connectivity index (χ4n) is 4.94. The molecule has 4 nitrogen and oxygen atoms in total. The molecule has 0 bridgehead atoms. The first-order valence-corrected chi connectivity index (χ1v) is 14.2. The van der Waals surface area contributed by atoms with Gasteiger partial charge in [-0.1, -0.05) is 35.4 Å². The highest BCUT2D eigenvalue weighted by molar-refractivity contribution is 7.96. The van der Waals surface area contributed by atoms with Crippen LogP contribution in [-0.2, 0) is 0 Å². The Balaban J connectivity index is 2.30. The Morgan fingerprint density at radius 2 is 1.03 bits per heavy atom. The third kappa shape index (κ3) is 6.48. The Morgan fingerprint density at radius 3 is 1.41 bits per heavy atom. The largest absolute Gasteiger partial charge is 0.491 e. The Kier molecular flexibility index (Phi) is 8.97. The lowest BCUT2D eigenvalue weighted by Gasteiger charge is -2.24. The average Bonchev–Trinajstić information content (AvgIpc) is 2.73. The monoisotopic (exact) mass is 518 g/mol. The maximum atomic E-state index is 14.4. The van der Waals surface area contributed by atoms with E-state index >= 15 is 0 Å². The molecule has 3 aromatic carbocycles. The maximum Gasteiger partial charge on any atom is 0.197 e. The average molecular weight is 519 g/mol. The lowest BCUT2D eigenvalue weighted by atomic mass is 10.0. The van der Waals surface area contributed by atoms with Crippen molar-refractivity contribution in [2.24, 2.45) is 0 Å². The first-order valence-electron chi connectivity index (χ1n) is 12.8. The number of rotatable bonds is 9. The van der Waals surface area contributed by atoms with E-state index < -0.39 is 7.92 Å². The van der Waals surface area contributed by atoms with Crippen LogP contribution >= 0.6 is 7.92 Å². The van der Waals surface area contributed by atoms with Gasteiger partial charge in [-0.2, -0.15) is 0 Å². The van der Waals surface area contributed by atoms with Gasteiger partial charge in [-0.05, 0) is 104 Å². The number of ether oxygens (including phenoxy) is 2. The van der Waals surface area contributed by atoms with Gasteiger partial charge in [-0.3, -0.25) is 9.59 Å². The highest BCUT2D eigenvalue weighted by Gasteiger charge is 2.36. The summed E-state index contributed by atoms with van der Waals surface area (Å²) in [5, 5.41) is 0.619. The number of hydrogen-bond acceptors (Lipinski definition) is 4. The van der Waals surface area contributed by atoms with Crippen molar-refractivity contribution in [2.45, 2.75) is 81.4 Å². The molecule has 5 heteroatoms. The molecular weight excluding hydrogens is 479 g/mol. The summed E-state index contributed by atoms with van der Waals surface area (Å²) < 4.78 is 12.1. The summed E-state index contributed by atoms with van der Waals surface area (Å²) in [6.07, 6.45) is -0.154. The van der Waals surface area contributed by atoms with Crippen LogP contribution in [0.25, 0.3) is 0 Å². The molecule has 0 fully saturated rings. The summed E-state index contributed by atoms with van der Waals surface area (Å²) in [5.74, 6) is 1.17. The summed E-state index contributed by atoms with van der Waals surface area (Å²) in [5.41, 5.74) is 6.63. The fraction of sp³-hybridized carbons (Fsp3) is 0.375. The molecule has 0 unspecified atom stereocenters. The first-order chi connectivity index (χ1) is 17.3. The Labute approximate surface area is 223 Å².